The van der Waals surface area contributed by atoms with E-state index in [1.54, 1.807) is 18.2 Å². The average molecular weight is 616 g/mol. The minimum atomic E-state index is -0.420. The highest BCUT2D eigenvalue weighted by atomic mass is 35.5. The van der Waals surface area contributed by atoms with E-state index >= 15 is 0 Å². The van der Waals surface area contributed by atoms with Crippen LogP contribution in [0.25, 0.3) is 27.8 Å². The summed E-state index contributed by atoms with van der Waals surface area (Å²) in [7, 11) is 4.06. The molecule has 1 unspecified atom stereocenters. The molecule has 3 heterocycles. The van der Waals surface area contributed by atoms with Gasteiger partial charge in [0.05, 0.1) is 15.4 Å². The SMILES string of the molecule is CNC(C)c1cccc(-c2nn(-c3c(Cl)cccc3Cl)c(=O)c3cnc(Nc4ccc(N5CCN(C)CC5)cc4)nc23)c1. The number of hydrogen-bond acceptors (Lipinski definition) is 8. The van der Waals surface area contributed by atoms with Gasteiger partial charge in [0.25, 0.3) is 5.56 Å². The maximum absolute atomic E-state index is 13.8. The monoisotopic (exact) mass is 614 g/mol. The van der Waals surface area contributed by atoms with E-state index < -0.39 is 5.56 Å². The van der Waals surface area contributed by atoms with Gasteiger partial charge in [0.1, 0.15) is 16.9 Å². The number of rotatable bonds is 7. The quantitative estimate of drug-likeness (QED) is 0.233. The maximum Gasteiger partial charge on any atom is 0.282 e. The number of likely N-dealkylation sites (N-methyl/N-ethyl adjacent to an activating group) is 1. The number of benzene rings is 3. The highest BCUT2D eigenvalue weighted by molar-refractivity contribution is 6.37. The van der Waals surface area contributed by atoms with Crippen molar-refractivity contribution in [1.29, 1.82) is 0 Å². The zero-order valence-corrected chi connectivity index (χ0v) is 25.7. The molecule has 43 heavy (non-hydrogen) atoms. The summed E-state index contributed by atoms with van der Waals surface area (Å²) < 4.78 is 1.24. The third kappa shape index (κ3) is 5.94. The molecule has 0 amide bonds. The molecule has 220 valence electrons. The first-order valence-electron chi connectivity index (χ1n) is 14.1. The molecule has 5 aromatic rings. The van der Waals surface area contributed by atoms with Crippen LogP contribution in [0, 0.1) is 0 Å². The summed E-state index contributed by atoms with van der Waals surface area (Å²) in [6, 6.07) is 21.4. The van der Waals surface area contributed by atoms with Crippen LogP contribution >= 0.6 is 23.2 Å². The Morgan fingerprint density at radius 2 is 1.63 bits per heavy atom. The van der Waals surface area contributed by atoms with Gasteiger partial charge in [-0.25, -0.2) is 9.97 Å². The number of nitrogens with one attached hydrogen (secondary N) is 2. The molecule has 11 heteroatoms. The zero-order valence-electron chi connectivity index (χ0n) is 24.2. The highest BCUT2D eigenvalue weighted by Crippen LogP contribution is 2.31. The number of piperazine rings is 1. The van der Waals surface area contributed by atoms with E-state index in [9.17, 15) is 4.79 Å². The Bertz CT molecular complexity index is 1810. The molecule has 3 aromatic carbocycles. The van der Waals surface area contributed by atoms with Gasteiger partial charge in [-0.2, -0.15) is 9.78 Å². The van der Waals surface area contributed by atoms with E-state index in [0.717, 1.165) is 43.0 Å². The molecule has 1 aliphatic heterocycles. The molecule has 2 aromatic heterocycles. The van der Waals surface area contributed by atoms with Gasteiger partial charge >= 0.3 is 0 Å². The van der Waals surface area contributed by atoms with E-state index in [1.165, 1.54) is 16.6 Å². The Labute approximate surface area is 260 Å². The first-order chi connectivity index (χ1) is 20.8. The summed E-state index contributed by atoms with van der Waals surface area (Å²) in [6.07, 6.45) is 1.53. The van der Waals surface area contributed by atoms with E-state index in [-0.39, 0.29) is 6.04 Å². The van der Waals surface area contributed by atoms with Gasteiger partial charge in [-0.1, -0.05) is 47.5 Å². The minimum absolute atomic E-state index is 0.107. The van der Waals surface area contributed by atoms with Crippen LogP contribution in [0.5, 0.6) is 0 Å². The van der Waals surface area contributed by atoms with Crippen LogP contribution in [0.4, 0.5) is 17.3 Å². The largest absolute Gasteiger partial charge is 0.369 e. The predicted molar refractivity (Wildman–Crippen MR) is 175 cm³/mol. The minimum Gasteiger partial charge on any atom is -0.369 e. The van der Waals surface area contributed by atoms with Crippen molar-refractivity contribution in [2.75, 3.05) is 50.5 Å². The second-order valence-electron chi connectivity index (χ2n) is 10.7. The predicted octanol–water partition coefficient (Wildman–Crippen LogP) is 5.93. The van der Waals surface area contributed by atoms with Crippen LogP contribution in [0.1, 0.15) is 18.5 Å². The van der Waals surface area contributed by atoms with Crippen LogP contribution in [-0.4, -0.2) is 64.9 Å². The van der Waals surface area contributed by atoms with Crippen molar-refractivity contribution in [3.63, 3.8) is 0 Å². The van der Waals surface area contributed by atoms with E-state index in [4.69, 9.17) is 33.3 Å². The second kappa shape index (κ2) is 12.3. The van der Waals surface area contributed by atoms with Gasteiger partial charge in [0, 0.05) is 55.4 Å². The maximum atomic E-state index is 13.8. The number of nitrogens with zero attached hydrogens (tertiary/aromatic N) is 6. The first-order valence-corrected chi connectivity index (χ1v) is 14.9. The molecule has 0 aliphatic carbocycles. The molecule has 1 saturated heterocycles. The van der Waals surface area contributed by atoms with Gasteiger partial charge < -0.3 is 20.4 Å². The van der Waals surface area contributed by atoms with Crippen LogP contribution in [0.2, 0.25) is 10.0 Å². The summed E-state index contributed by atoms with van der Waals surface area (Å²) >= 11 is 13.0. The molecule has 1 aliphatic rings. The van der Waals surface area contributed by atoms with Crippen molar-refractivity contribution in [3.8, 4) is 16.9 Å². The normalized spacial score (nSPS) is 14.7. The molecule has 1 atom stereocenters. The van der Waals surface area contributed by atoms with Crippen LogP contribution in [0.15, 0.2) is 77.7 Å². The number of hydrogen-bond donors (Lipinski definition) is 2. The number of fused-ring (bicyclic) bond motifs is 1. The molecule has 0 bridgehead atoms. The molecule has 1 fully saturated rings. The van der Waals surface area contributed by atoms with Crippen molar-refractivity contribution in [3.05, 3.63) is 98.9 Å². The lowest BCUT2D eigenvalue weighted by atomic mass is 10.0. The molecular weight excluding hydrogens is 583 g/mol. The Balaban J connectivity index is 1.43. The molecule has 0 spiro atoms. The van der Waals surface area contributed by atoms with Gasteiger partial charge in [-0.05, 0) is 69.0 Å². The number of para-hydroxylation sites is 1. The fourth-order valence-corrected chi connectivity index (χ4v) is 5.75. The Kier molecular flexibility index (Phi) is 8.32. The van der Waals surface area contributed by atoms with Gasteiger partial charge in [0.2, 0.25) is 5.95 Å². The summed E-state index contributed by atoms with van der Waals surface area (Å²) in [5, 5.41) is 12.3. The van der Waals surface area contributed by atoms with Gasteiger partial charge in [-0.15, -0.1) is 0 Å². The lowest BCUT2D eigenvalue weighted by Gasteiger charge is -2.34. The first kappa shape index (κ1) is 29.1. The van der Waals surface area contributed by atoms with E-state index in [0.29, 0.717) is 38.3 Å². The number of anilines is 3. The third-order valence-corrected chi connectivity index (χ3v) is 8.48. The molecule has 0 saturated carbocycles. The lowest BCUT2D eigenvalue weighted by Crippen LogP contribution is -2.44. The number of aromatic nitrogens is 4. The van der Waals surface area contributed by atoms with Crippen molar-refractivity contribution in [2.24, 2.45) is 0 Å². The average Bonchev–Trinajstić information content (AvgIpc) is 3.02. The Morgan fingerprint density at radius 3 is 2.33 bits per heavy atom. The van der Waals surface area contributed by atoms with Crippen LogP contribution in [-0.2, 0) is 0 Å². The van der Waals surface area contributed by atoms with Crippen molar-refractivity contribution in [1.82, 2.24) is 30.0 Å². The van der Waals surface area contributed by atoms with E-state index in [1.807, 2.05) is 43.4 Å². The lowest BCUT2D eigenvalue weighted by molar-refractivity contribution is 0.313. The van der Waals surface area contributed by atoms with Crippen LogP contribution in [0.3, 0.4) is 0 Å². The Hall–Kier alpha value is -4.02. The summed E-state index contributed by atoms with van der Waals surface area (Å²) in [5.74, 6) is 0.357. The Morgan fingerprint density at radius 1 is 0.930 bits per heavy atom. The number of halogens is 2. The highest BCUT2D eigenvalue weighted by Gasteiger charge is 2.20. The molecule has 2 N–H and O–H groups in total. The fourth-order valence-electron chi connectivity index (χ4n) is 5.19. The van der Waals surface area contributed by atoms with Crippen molar-refractivity contribution >= 4 is 51.4 Å². The summed E-state index contributed by atoms with van der Waals surface area (Å²) in [6.45, 7) is 6.16. The van der Waals surface area contributed by atoms with Crippen molar-refractivity contribution in [2.45, 2.75) is 13.0 Å². The van der Waals surface area contributed by atoms with E-state index in [2.05, 4.69) is 51.5 Å². The molecular formula is C32H32Cl2N8O. The zero-order chi connectivity index (χ0) is 30.1. The summed E-state index contributed by atoms with van der Waals surface area (Å²) in [5.41, 5.74) is 4.70. The fraction of sp³-hybridized carbons (Fsp3) is 0.250. The summed E-state index contributed by atoms with van der Waals surface area (Å²) in [4.78, 5) is 27.8. The molecule has 9 nitrogen and oxygen atoms in total. The smallest absolute Gasteiger partial charge is 0.282 e. The topological polar surface area (TPSA) is 91.2 Å². The van der Waals surface area contributed by atoms with Crippen LogP contribution < -0.4 is 21.1 Å². The van der Waals surface area contributed by atoms with Gasteiger partial charge in [-0.3, -0.25) is 4.79 Å². The van der Waals surface area contributed by atoms with Gasteiger partial charge in [0.15, 0.2) is 0 Å². The second-order valence-corrected chi connectivity index (χ2v) is 11.5. The van der Waals surface area contributed by atoms with Crippen molar-refractivity contribution < 1.29 is 0 Å². The standard InChI is InChI=1S/C32H32Cl2N8O/c1-20(35-2)21-6-4-7-22(18-21)28-29-25(31(43)42(39-28)30-26(33)8-5-9-27(30)34)19-36-32(38-29)37-23-10-12-24(13-11-23)41-16-14-40(3)15-17-41/h4-13,18-20,35H,14-17H2,1-3H3,(H,36,37,38). The third-order valence-electron chi connectivity index (χ3n) is 7.87. The molecule has 0 radical (unpaired) electrons. The molecule has 6 rings (SSSR count).